The molecule has 1 heteroatoms. The van der Waals surface area contributed by atoms with Crippen LogP contribution in [0.2, 0.25) is 0 Å². The van der Waals surface area contributed by atoms with Crippen LogP contribution in [0, 0.1) is 0 Å². The molecule has 0 saturated carbocycles. The van der Waals surface area contributed by atoms with Crippen LogP contribution in [0.5, 0.6) is 0 Å². The zero-order valence-electron chi connectivity index (χ0n) is 9.88. The molecule has 0 aliphatic carbocycles. The normalized spacial score (nSPS) is 10.4. The minimum Gasteiger partial charge on any atom is -0.256 e. The van der Waals surface area contributed by atoms with Crippen LogP contribution in [-0.4, -0.2) is 5.71 Å². The molecular weight excluding hydrogens is 206 g/mol. The van der Waals surface area contributed by atoms with Crippen LogP contribution in [0.25, 0.3) is 0 Å². The van der Waals surface area contributed by atoms with Crippen molar-refractivity contribution in [1.82, 2.24) is 0 Å². The van der Waals surface area contributed by atoms with Crippen LogP contribution in [0.4, 0.5) is 0 Å². The van der Waals surface area contributed by atoms with Crippen molar-refractivity contribution in [2.45, 2.75) is 6.92 Å². The molecule has 0 radical (unpaired) electrons. The fourth-order valence-corrected chi connectivity index (χ4v) is 1.66. The van der Waals surface area contributed by atoms with Crippen LogP contribution < -0.4 is 0 Å². The van der Waals surface area contributed by atoms with Crippen LogP contribution in [0.3, 0.4) is 0 Å². The smallest absolute Gasteiger partial charge is 0.0774 e. The first kappa shape index (κ1) is 11.3. The summed E-state index contributed by atoms with van der Waals surface area (Å²) in [7, 11) is 0. The van der Waals surface area contributed by atoms with Gasteiger partial charge in [0.15, 0.2) is 0 Å². The summed E-state index contributed by atoms with van der Waals surface area (Å²) in [5.41, 5.74) is 3.28. The first-order chi connectivity index (χ1) is 8.42. The van der Waals surface area contributed by atoms with Gasteiger partial charge in [-0.05, 0) is 6.92 Å². The number of aliphatic imine (C=N–C) groups is 1. The van der Waals surface area contributed by atoms with Crippen LogP contribution in [0.15, 0.2) is 77.9 Å². The van der Waals surface area contributed by atoms with E-state index in [-0.39, 0.29) is 0 Å². The van der Waals surface area contributed by atoms with Gasteiger partial charge in [0.1, 0.15) is 0 Å². The Bertz CT molecular complexity index is 468. The highest BCUT2D eigenvalue weighted by atomic mass is 14.7. The number of benzene rings is 2. The predicted octanol–water partition coefficient (Wildman–Crippen LogP) is 4.06. The predicted molar refractivity (Wildman–Crippen MR) is 73.3 cm³/mol. The summed E-state index contributed by atoms with van der Waals surface area (Å²) < 4.78 is 0. The third-order valence-electron chi connectivity index (χ3n) is 2.45. The van der Waals surface area contributed by atoms with Crippen molar-refractivity contribution in [2.75, 3.05) is 0 Å². The molecule has 2 aromatic rings. The average Bonchev–Trinajstić information content (AvgIpc) is 2.42. The molecule has 0 spiro atoms. The quantitative estimate of drug-likeness (QED) is 0.693. The van der Waals surface area contributed by atoms with Crippen molar-refractivity contribution >= 4 is 5.71 Å². The number of rotatable bonds is 3. The molecule has 0 aliphatic heterocycles. The molecule has 0 aliphatic rings. The standard InChI is InChI=1S/C16H15N/c1-2-13-17-16(14-9-5-3-6-10-14)15-11-7-4-8-12-15/h2-13H,1H3/b13-2+. The van der Waals surface area contributed by atoms with Crippen molar-refractivity contribution < 1.29 is 0 Å². The number of allylic oxidation sites excluding steroid dienone is 1. The Morgan fingerprint density at radius 3 is 1.71 bits per heavy atom. The first-order valence-electron chi connectivity index (χ1n) is 5.71. The SMILES string of the molecule is C/C=C/N=C(c1ccccc1)c1ccccc1. The molecule has 0 amide bonds. The lowest BCUT2D eigenvalue weighted by atomic mass is 10.0. The van der Waals surface area contributed by atoms with Gasteiger partial charge in [-0.2, -0.15) is 0 Å². The summed E-state index contributed by atoms with van der Waals surface area (Å²) in [6.07, 6.45) is 3.77. The van der Waals surface area contributed by atoms with Crippen molar-refractivity contribution in [3.63, 3.8) is 0 Å². The van der Waals surface area contributed by atoms with E-state index >= 15 is 0 Å². The Morgan fingerprint density at radius 1 is 0.824 bits per heavy atom. The summed E-state index contributed by atoms with van der Waals surface area (Å²) in [4.78, 5) is 4.52. The zero-order chi connectivity index (χ0) is 11.9. The third-order valence-corrected chi connectivity index (χ3v) is 2.45. The lowest BCUT2D eigenvalue weighted by Crippen LogP contribution is -2.02. The Balaban J connectivity index is 2.47. The van der Waals surface area contributed by atoms with Gasteiger partial charge in [0.2, 0.25) is 0 Å². The Hall–Kier alpha value is -2.15. The van der Waals surface area contributed by atoms with Crippen LogP contribution >= 0.6 is 0 Å². The minimum atomic E-state index is 1.00. The van der Waals surface area contributed by atoms with Gasteiger partial charge in [0, 0.05) is 17.3 Å². The molecule has 0 fully saturated rings. The largest absolute Gasteiger partial charge is 0.256 e. The van der Waals surface area contributed by atoms with E-state index in [1.165, 1.54) is 0 Å². The maximum Gasteiger partial charge on any atom is 0.0774 e. The van der Waals surface area contributed by atoms with Gasteiger partial charge >= 0.3 is 0 Å². The van der Waals surface area contributed by atoms with E-state index in [0.29, 0.717) is 0 Å². The second kappa shape index (κ2) is 5.80. The molecule has 0 aromatic heterocycles. The second-order valence-electron chi connectivity index (χ2n) is 3.69. The van der Waals surface area contributed by atoms with E-state index in [1.807, 2.05) is 55.6 Å². The molecule has 0 atom stereocenters. The highest BCUT2D eigenvalue weighted by molar-refractivity contribution is 6.13. The lowest BCUT2D eigenvalue weighted by molar-refractivity contribution is 1.47. The van der Waals surface area contributed by atoms with Crippen molar-refractivity contribution in [3.8, 4) is 0 Å². The van der Waals surface area contributed by atoms with Gasteiger partial charge in [-0.15, -0.1) is 0 Å². The van der Waals surface area contributed by atoms with Crippen LogP contribution in [-0.2, 0) is 0 Å². The first-order valence-corrected chi connectivity index (χ1v) is 5.71. The maximum absolute atomic E-state index is 4.52. The summed E-state index contributed by atoms with van der Waals surface area (Å²) in [6, 6.07) is 20.5. The Kier molecular flexibility index (Phi) is 3.87. The van der Waals surface area contributed by atoms with E-state index < -0.39 is 0 Å². The van der Waals surface area contributed by atoms with Crippen molar-refractivity contribution in [2.24, 2.45) is 4.99 Å². The maximum atomic E-state index is 4.52. The van der Waals surface area contributed by atoms with Gasteiger partial charge in [-0.25, -0.2) is 0 Å². The lowest BCUT2D eigenvalue weighted by Gasteiger charge is -2.05. The second-order valence-corrected chi connectivity index (χ2v) is 3.69. The molecule has 0 N–H and O–H groups in total. The number of hydrogen-bond acceptors (Lipinski definition) is 1. The fraction of sp³-hybridized carbons (Fsp3) is 0.0625. The van der Waals surface area contributed by atoms with E-state index in [1.54, 1.807) is 0 Å². The third kappa shape index (κ3) is 2.91. The summed E-state index contributed by atoms with van der Waals surface area (Å²) in [5, 5.41) is 0. The summed E-state index contributed by atoms with van der Waals surface area (Å²) in [6.45, 7) is 1.97. The topological polar surface area (TPSA) is 12.4 Å². The minimum absolute atomic E-state index is 1.00. The van der Waals surface area contributed by atoms with Gasteiger partial charge in [-0.1, -0.05) is 66.7 Å². The van der Waals surface area contributed by atoms with E-state index in [0.717, 1.165) is 16.8 Å². The monoisotopic (exact) mass is 221 g/mol. The molecule has 0 saturated heterocycles. The Labute approximate surface area is 102 Å². The van der Waals surface area contributed by atoms with Crippen molar-refractivity contribution in [3.05, 3.63) is 84.1 Å². The molecule has 2 rings (SSSR count). The molecular formula is C16H15N. The molecule has 0 unspecified atom stereocenters. The average molecular weight is 221 g/mol. The van der Waals surface area contributed by atoms with Crippen molar-refractivity contribution in [1.29, 1.82) is 0 Å². The van der Waals surface area contributed by atoms with E-state index in [2.05, 4.69) is 29.3 Å². The molecule has 0 bridgehead atoms. The van der Waals surface area contributed by atoms with Crippen LogP contribution in [0.1, 0.15) is 18.1 Å². The number of nitrogens with zero attached hydrogens (tertiary/aromatic N) is 1. The highest BCUT2D eigenvalue weighted by Gasteiger charge is 2.04. The molecule has 17 heavy (non-hydrogen) atoms. The fourth-order valence-electron chi connectivity index (χ4n) is 1.66. The van der Waals surface area contributed by atoms with Gasteiger partial charge in [-0.3, -0.25) is 4.99 Å². The molecule has 1 nitrogen and oxygen atoms in total. The van der Waals surface area contributed by atoms with E-state index in [9.17, 15) is 0 Å². The Morgan fingerprint density at radius 2 is 1.29 bits per heavy atom. The zero-order valence-corrected chi connectivity index (χ0v) is 9.88. The highest BCUT2D eigenvalue weighted by Crippen LogP contribution is 2.11. The number of hydrogen-bond donors (Lipinski definition) is 0. The molecule has 0 heterocycles. The molecule has 84 valence electrons. The summed E-state index contributed by atoms with van der Waals surface area (Å²) in [5.74, 6) is 0. The van der Waals surface area contributed by atoms with Gasteiger partial charge < -0.3 is 0 Å². The van der Waals surface area contributed by atoms with Gasteiger partial charge in [0.25, 0.3) is 0 Å². The van der Waals surface area contributed by atoms with E-state index in [4.69, 9.17) is 0 Å². The van der Waals surface area contributed by atoms with Gasteiger partial charge in [0.05, 0.1) is 5.71 Å². The molecule has 2 aromatic carbocycles. The summed E-state index contributed by atoms with van der Waals surface area (Å²) >= 11 is 0.